The molecular formula is C20H25NO5. The molecule has 0 fully saturated rings. The van der Waals surface area contributed by atoms with E-state index in [1.165, 1.54) is 21.3 Å². The van der Waals surface area contributed by atoms with Gasteiger partial charge in [0.25, 0.3) is 5.91 Å². The van der Waals surface area contributed by atoms with Crippen molar-refractivity contribution in [3.05, 3.63) is 48.0 Å². The van der Waals surface area contributed by atoms with Gasteiger partial charge in [-0.1, -0.05) is 18.2 Å². The van der Waals surface area contributed by atoms with Crippen LogP contribution in [-0.4, -0.2) is 52.3 Å². The molecule has 0 saturated heterocycles. The van der Waals surface area contributed by atoms with Crippen molar-refractivity contribution in [1.29, 1.82) is 0 Å². The number of hydrogen-bond acceptors (Lipinski definition) is 5. The summed E-state index contributed by atoms with van der Waals surface area (Å²) in [5, 5.41) is 0. The Labute approximate surface area is 154 Å². The highest BCUT2D eigenvalue weighted by Gasteiger charge is 2.20. The van der Waals surface area contributed by atoms with Crippen LogP contribution in [0.5, 0.6) is 23.0 Å². The fraction of sp³-hybridized carbons (Fsp3) is 0.350. The Bertz CT molecular complexity index is 718. The summed E-state index contributed by atoms with van der Waals surface area (Å²) in [5.41, 5.74) is 0.427. The second kappa shape index (κ2) is 9.56. The van der Waals surface area contributed by atoms with Gasteiger partial charge in [0.15, 0.2) is 11.5 Å². The van der Waals surface area contributed by atoms with E-state index in [1.807, 2.05) is 30.3 Å². The molecule has 0 unspecified atom stereocenters. The fourth-order valence-corrected chi connectivity index (χ4v) is 2.51. The van der Waals surface area contributed by atoms with E-state index in [1.54, 1.807) is 24.1 Å². The van der Waals surface area contributed by atoms with Crippen molar-refractivity contribution in [3.8, 4) is 23.0 Å². The average Bonchev–Trinajstić information content (AvgIpc) is 2.70. The van der Waals surface area contributed by atoms with E-state index in [2.05, 4.69) is 0 Å². The smallest absolute Gasteiger partial charge is 0.257 e. The molecule has 0 radical (unpaired) electrons. The summed E-state index contributed by atoms with van der Waals surface area (Å²) < 4.78 is 21.5. The maximum absolute atomic E-state index is 12.8. The van der Waals surface area contributed by atoms with E-state index in [4.69, 9.17) is 18.9 Å². The predicted octanol–water partition coefficient (Wildman–Crippen LogP) is 3.25. The number of benzene rings is 2. The van der Waals surface area contributed by atoms with Crippen LogP contribution >= 0.6 is 0 Å². The molecular weight excluding hydrogens is 334 g/mol. The van der Waals surface area contributed by atoms with Crippen LogP contribution in [0.3, 0.4) is 0 Å². The molecule has 26 heavy (non-hydrogen) atoms. The summed E-state index contributed by atoms with van der Waals surface area (Å²) >= 11 is 0. The van der Waals surface area contributed by atoms with Gasteiger partial charge in [-0.3, -0.25) is 4.79 Å². The maximum Gasteiger partial charge on any atom is 0.257 e. The Morgan fingerprint density at radius 3 is 2.15 bits per heavy atom. The molecule has 2 aromatic carbocycles. The van der Waals surface area contributed by atoms with Gasteiger partial charge in [-0.05, 0) is 18.6 Å². The van der Waals surface area contributed by atoms with Crippen LogP contribution in [0.4, 0.5) is 0 Å². The number of rotatable bonds is 9. The lowest BCUT2D eigenvalue weighted by Crippen LogP contribution is -2.29. The van der Waals surface area contributed by atoms with Crippen LogP contribution in [0.2, 0.25) is 0 Å². The third-order valence-corrected chi connectivity index (χ3v) is 3.93. The maximum atomic E-state index is 12.8. The number of hydrogen-bond donors (Lipinski definition) is 0. The van der Waals surface area contributed by atoms with Crippen molar-refractivity contribution in [1.82, 2.24) is 4.90 Å². The number of carbonyl (C=O) groups excluding carboxylic acids is 1. The molecule has 0 heterocycles. The second-order valence-corrected chi connectivity index (χ2v) is 5.65. The summed E-state index contributed by atoms with van der Waals surface area (Å²) in [6, 6.07) is 12.9. The molecule has 2 aromatic rings. The normalized spacial score (nSPS) is 10.2. The summed E-state index contributed by atoms with van der Waals surface area (Å²) in [7, 11) is 6.34. The van der Waals surface area contributed by atoms with Gasteiger partial charge in [0.1, 0.15) is 11.5 Å². The molecule has 2 rings (SSSR count). The van der Waals surface area contributed by atoms with Crippen LogP contribution in [0.1, 0.15) is 16.8 Å². The van der Waals surface area contributed by atoms with E-state index >= 15 is 0 Å². The fourth-order valence-electron chi connectivity index (χ4n) is 2.51. The summed E-state index contributed by atoms with van der Waals surface area (Å²) in [5.74, 6) is 2.11. The highest BCUT2D eigenvalue weighted by Crippen LogP contribution is 2.35. The zero-order valence-corrected chi connectivity index (χ0v) is 15.7. The molecule has 0 N–H and O–H groups in total. The van der Waals surface area contributed by atoms with Crippen LogP contribution in [0.15, 0.2) is 42.5 Å². The highest BCUT2D eigenvalue weighted by molar-refractivity contribution is 5.97. The largest absolute Gasteiger partial charge is 0.496 e. The molecule has 0 bridgehead atoms. The molecule has 0 aliphatic carbocycles. The standard InChI is InChI=1S/C20H25NO5/c1-21(11-8-12-26-15-9-6-5-7-10-15)20(22)16-13-18(24-3)19(25-4)14-17(16)23-2/h5-7,9-10,13-14H,8,11-12H2,1-4H3. The SMILES string of the molecule is COc1cc(OC)c(C(=O)N(C)CCCOc2ccccc2)cc1OC. The first-order valence-electron chi connectivity index (χ1n) is 8.34. The lowest BCUT2D eigenvalue weighted by atomic mass is 10.1. The second-order valence-electron chi connectivity index (χ2n) is 5.65. The van der Waals surface area contributed by atoms with Gasteiger partial charge in [0.2, 0.25) is 0 Å². The first-order chi connectivity index (χ1) is 12.6. The molecule has 6 nitrogen and oxygen atoms in total. The van der Waals surface area contributed by atoms with Crippen molar-refractivity contribution in [3.63, 3.8) is 0 Å². The lowest BCUT2D eigenvalue weighted by molar-refractivity contribution is 0.0784. The first-order valence-corrected chi connectivity index (χ1v) is 8.34. The quantitative estimate of drug-likeness (QED) is 0.643. The lowest BCUT2D eigenvalue weighted by Gasteiger charge is -2.20. The third-order valence-electron chi connectivity index (χ3n) is 3.93. The number of methoxy groups -OCH3 is 3. The number of amides is 1. The van der Waals surface area contributed by atoms with E-state index in [0.29, 0.717) is 42.4 Å². The van der Waals surface area contributed by atoms with Gasteiger partial charge in [-0.2, -0.15) is 0 Å². The van der Waals surface area contributed by atoms with Gasteiger partial charge in [0.05, 0.1) is 33.5 Å². The Balaban J connectivity index is 1.98. The van der Waals surface area contributed by atoms with Gasteiger partial charge in [-0.15, -0.1) is 0 Å². The van der Waals surface area contributed by atoms with E-state index < -0.39 is 0 Å². The number of ether oxygens (including phenoxy) is 4. The molecule has 0 aromatic heterocycles. The third kappa shape index (κ3) is 4.81. The minimum absolute atomic E-state index is 0.150. The Morgan fingerprint density at radius 2 is 1.54 bits per heavy atom. The average molecular weight is 359 g/mol. The molecule has 0 spiro atoms. The molecule has 0 atom stereocenters. The number of para-hydroxylation sites is 1. The Hall–Kier alpha value is -2.89. The van der Waals surface area contributed by atoms with E-state index in [9.17, 15) is 4.79 Å². The van der Waals surface area contributed by atoms with Crippen LogP contribution in [0, 0.1) is 0 Å². The molecule has 0 aliphatic heterocycles. The zero-order chi connectivity index (χ0) is 18.9. The predicted molar refractivity (Wildman–Crippen MR) is 99.6 cm³/mol. The summed E-state index contributed by atoms with van der Waals surface area (Å²) in [6.45, 7) is 1.09. The molecule has 140 valence electrons. The monoisotopic (exact) mass is 359 g/mol. The van der Waals surface area contributed by atoms with E-state index in [-0.39, 0.29) is 5.91 Å². The molecule has 6 heteroatoms. The van der Waals surface area contributed by atoms with Gasteiger partial charge >= 0.3 is 0 Å². The summed E-state index contributed by atoms with van der Waals surface area (Å²) in [4.78, 5) is 14.4. The number of carbonyl (C=O) groups is 1. The Kier molecular flexibility index (Phi) is 7.14. The van der Waals surface area contributed by atoms with Crippen molar-refractivity contribution in [2.75, 3.05) is 41.5 Å². The van der Waals surface area contributed by atoms with Crippen molar-refractivity contribution in [2.24, 2.45) is 0 Å². The minimum atomic E-state index is -0.150. The van der Waals surface area contributed by atoms with Crippen molar-refractivity contribution in [2.45, 2.75) is 6.42 Å². The van der Waals surface area contributed by atoms with Crippen molar-refractivity contribution >= 4 is 5.91 Å². The van der Waals surface area contributed by atoms with Gasteiger partial charge < -0.3 is 23.8 Å². The van der Waals surface area contributed by atoms with Gasteiger partial charge in [-0.25, -0.2) is 0 Å². The van der Waals surface area contributed by atoms with Crippen LogP contribution in [0.25, 0.3) is 0 Å². The van der Waals surface area contributed by atoms with E-state index in [0.717, 1.165) is 5.75 Å². The highest BCUT2D eigenvalue weighted by atomic mass is 16.5. The minimum Gasteiger partial charge on any atom is -0.496 e. The van der Waals surface area contributed by atoms with Crippen LogP contribution < -0.4 is 18.9 Å². The molecule has 1 amide bonds. The number of nitrogens with zero attached hydrogens (tertiary/aromatic N) is 1. The summed E-state index contributed by atoms with van der Waals surface area (Å²) in [6.07, 6.45) is 0.715. The topological polar surface area (TPSA) is 57.2 Å². The van der Waals surface area contributed by atoms with Gasteiger partial charge in [0, 0.05) is 25.7 Å². The zero-order valence-electron chi connectivity index (χ0n) is 15.7. The van der Waals surface area contributed by atoms with Crippen LogP contribution in [-0.2, 0) is 0 Å². The molecule has 0 aliphatic rings. The first kappa shape index (κ1) is 19.4. The van der Waals surface area contributed by atoms with Crippen molar-refractivity contribution < 1.29 is 23.7 Å². The Morgan fingerprint density at radius 1 is 0.923 bits per heavy atom. The molecule has 0 saturated carbocycles.